The fourth-order valence-electron chi connectivity index (χ4n) is 2.02. The van der Waals surface area contributed by atoms with E-state index in [1.807, 2.05) is 6.92 Å². The number of pyridine rings is 1. The lowest BCUT2D eigenvalue weighted by atomic mass is 10.1. The van der Waals surface area contributed by atoms with Gasteiger partial charge in [-0.3, -0.25) is 9.59 Å². The molecule has 2 rings (SSSR count). The fraction of sp³-hybridized carbons (Fsp3) is 0.188. The zero-order valence-electron chi connectivity index (χ0n) is 13.5. The van der Waals surface area contributed by atoms with Crippen molar-refractivity contribution in [3.05, 3.63) is 53.7 Å². The van der Waals surface area contributed by atoms with Gasteiger partial charge in [-0.15, -0.1) is 0 Å². The van der Waals surface area contributed by atoms with Gasteiger partial charge in [0.2, 0.25) is 10.0 Å². The number of primary sulfonamides is 1. The molecule has 4 N–H and O–H groups in total. The highest BCUT2D eigenvalue weighted by Gasteiger charge is 2.14. The van der Waals surface area contributed by atoms with E-state index in [9.17, 15) is 18.0 Å². The third-order valence-corrected chi connectivity index (χ3v) is 4.24. The van der Waals surface area contributed by atoms with E-state index in [0.717, 1.165) is 11.1 Å². The first kappa shape index (κ1) is 18.6. The molecule has 1 aromatic carbocycles. The number of sulfonamides is 1. The number of carbonyl (C=O) groups excluding carboxylic acids is 2. The number of aryl methyl sites for hydroxylation is 1. The average Bonchev–Trinajstić information content (AvgIpc) is 2.54. The summed E-state index contributed by atoms with van der Waals surface area (Å²) in [5.74, 6) is -1.27. The maximum absolute atomic E-state index is 11.8. The van der Waals surface area contributed by atoms with Gasteiger partial charge in [-0.05, 0) is 48.7 Å². The van der Waals surface area contributed by atoms with Gasteiger partial charge in [-0.2, -0.15) is 0 Å². The van der Waals surface area contributed by atoms with Crippen LogP contribution in [0.1, 0.15) is 11.1 Å². The van der Waals surface area contributed by atoms with Gasteiger partial charge in [0, 0.05) is 12.7 Å². The molecule has 25 heavy (non-hydrogen) atoms. The molecule has 0 spiro atoms. The van der Waals surface area contributed by atoms with E-state index in [0.29, 0.717) is 12.2 Å². The number of hydrogen-bond acceptors (Lipinski definition) is 5. The maximum atomic E-state index is 11.8. The highest BCUT2D eigenvalue weighted by atomic mass is 32.2. The van der Waals surface area contributed by atoms with E-state index < -0.39 is 21.8 Å². The number of benzene rings is 1. The molecule has 8 nitrogen and oxygen atoms in total. The largest absolute Gasteiger partial charge is 0.347 e. The first-order valence-electron chi connectivity index (χ1n) is 7.39. The summed E-state index contributed by atoms with van der Waals surface area (Å²) in [5, 5.41) is 9.92. The van der Waals surface area contributed by atoms with Crippen LogP contribution in [0.15, 0.2) is 47.5 Å². The Kier molecular flexibility index (Phi) is 5.84. The van der Waals surface area contributed by atoms with Crippen LogP contribution in [0.3, 0.4) is 0 Å². The number of nitrogens with one attached hydrogen (secondary N) is 2. The Morgan fingerprint density at radius 1 is 1.12 bits per heavy atom. The van der Waals surface area contributed by atoms with Crippen molar-refractivity contribution < 1.29 is 18.0 Å². The lowest BCUT2D eigenvalue weighted by molar-refractivity contribution is -0.136. The second-order valence-electron chi connectivity index (χ2n) is 5.37. The predicted molar refractivity (Wildman–Crippen MR) is 92.1 cm³/mol. The number of amides is 2. The molecule has 0 bridgehead atoms. The Morgan fingerprint density at radius 2 is 1.80 bits per heavy atom. The summed E-state index contributed by atoms with van der Waals surface area (Å²) in [5.41, 5.74) is 1.71. The molecule has 9 heteroatoms. The fourth-order valence-corrected chi connectivity index (χ4v) is 2.54. The third kappa shape index (κ3) is 5.66. The molecule has 0 atom stereocenters. The van der Waals surface area contributed by atoms with Crippen molar-refractivity contribution in [2.45, 2.75) is 18.2 Å². The maximum Gasteiger partial charge on any atom is 0.314 e. The normalized spacial score (nSPS) is 11.0. The van der Waals surface area contributed by atoms with Crippen molar-refractivity contribution in [3.63, 3.8) is 0 Å². The van der Waals surface area contributed by atoms with E-state index in [1.54, 1.807) is 24.3 Å². The lowest BCUT2D eigenvalue weighted by Gasteiger charge is -2.07. The van der Waals surface area contributed by atoms with Crippen LogP contribution in [0.5, 0.6) is 0 Å². The minimum absolute atomic E-state index is 0.0188. The highest BCUT2D eigenvalue weighted by Crippen LogP contribution is 2.09. The van der Waals surface area contributed by atoms with Crippen molar-refractivity contribution in [1.29, 1.82) is 0 Å². The quantitative estimate of drug-likeness (QED) is 0.660. The molecule has 2 aromatic rings. The summed E-state index contributed by atoms with van der Waals surface area (Å²) in [4.78, 5) is 27.5. The van der Waals surface area contributed by atoms with Crippen molar-refractivity contribution in [1.82, 2.24) is 10.3 Å². The van der Waals surface area contributed by atoms with E-state index in [-0.39, 0.29) is 11.4 Å². The van der Waals surface area contributed by atoms with Gasteiger partial charge in [0.25, 0.3) is 0 Å². The summed E-state index contributed by atoms with van der Waals surface area (Å²) < 4.78 is 22.3. The number of anilines is 1. The third-order valence-electron chi connectivity index (χ3n) is 3.31. The second kappa shape index (κ2) is 7.86. The number of nitrogens with zero attached hydrogens (tertiary/aromatic N) is 1. The molecule has 0 aliphatic heterocycles. The summed E-state index contributed by atoms with van der Waals surface area (Å²) in [6, 6.07) is 9.41. The first-order valence-corrected chi connectivity index (χ1v) is 8.94. The average molecular weight is 362 g/mol. The smallest absolute Gasteiger partial charge is 0.314 e. The lowest BCUT2D eigenvalue weighted by Crippen LogP contribution is -2.36. The highest BCUT2D eigenvalue weighted by molar-refractivity contribution is 7.89. The van der Waals surface area contributed by atoms with Crippen molar-refractivity contribution in [2.24, 2.45) is 5.14 Å². The minimum atomic E-state index is -3.73. The standard InChI is InChI=1S/C16H18N4O4S/c1-11-6-8-18-14(10-11)20-16(22)15(21)19-9-7-12-2-4-13(5-3-12)25(17,23)24/h2-6,8,10H,7,9H2,1H3,(H,19,21)(H2,17,23,24)(H,18,20,22). The minimum Gasteiger partial charge on any atom is -0.347 e. The molecule has 0 aliphatic rings. The zero-order valence-corrected chi connectivity index (χ0v) is 14.3. The molecule has 1 aromatic heterocycles. The van der Waals surface area contributed by atoms with Crippen molar-refractivity contribution >= 4 is 27.7 Å². The van der Waals surface area contributed by atoms with Crippen LogP contribution in [0, 0.1) is 6.92 Å². The van der Waals surface area contributed by atoms with Crippen molar-refractivity contribution in [3.8, 4) is 0 Å². The van der Waals surface area contributed by atoms with Gasteiger partial charge >= 0.3 is 11.8 Å². The Labute approximate surface area is 145 Å². The van der Waals surface area contributed by atoms with E-state index in [4.69, 9.17) is 5.14 Å². The molecule has 1 heterocycles. The Bertz CT molecular complexity index is 879. The zero-order chi connectivity index (χ0) is 18.4. The number of hydrogen-bond donors (Lipinski definition) is 3. The molecule has 0 aliphatic carbocycles. The van der Waals surface area contributed by atoms with Crippen LogP contribution in [-0.2, 0) is 26.0 Å². The first-order chi connectivity index (χ1) is 11.8. The van der Waals surface area contributed by atoms with E-state index in [1.165, 1.54) is 18.3 Å². The molecule has 0 radical (unpaired) electrons. The molecule has 132 valence electrons. The molecule has 0 saturated carbocycles. The molecule has 0 saturated heterocycles. The number of aromatic nitrogens is 1. The summed E-state index contributed by atoms with van der Waals surface area (Å²) in [6.45, 7) is 2.07. The Morgan fingerprint density at radius 3 is 2.40 bits per heavy atom. The van der Waals surface area contributed by atoms with Gasteiger partial charge in [0.05, 0.1) is 4.90 Å². The van der Waals surface area contributed by atoms with Crippen LogP contribution < -0.4 is 15.8 Å². The Hall–Kier alpha value is -2.78. The van der Waals surface area contributed by atoms with E-state index >= 15 is 0 Å². The van der Waals surface area contributed by atoms with E-state index in [2.05, 4.69) is 15.6 Å². The molecule has 2 amide bonds. The van der Waals surface area contributed by atoms with Crippen LogP contribution in [0.4, 0.5) is 5.82 Å². The summed E-state index contributed by atoms with van der Waals surface area (Å²) in [6.07, 6.45) is 1.97. The number of nitrogens with two attached hydrogens (primary N) is 1. The Balaban J connectivity index is 1.82. The predicted octanol–water partition coefficient (Wildman–Crippen LogP) is 0.335. The molecule has 0 unspecified atom stereocenters. The van der Waals surface area contributed by atoms with Gasteiger partial charge in [-0.1, -0.05) is 12.1 Å². The molecule has 0 fully saturated rings. The van der Waals surface area contributed by atoms with Crippen LogP contribution in [0.25, 0.3) is 0 Å². The monoisotopic (exact) mass is 362 g/mol. The number of carbonyl (C=O) groups is 2. The topological polar surface area (TPSA) is 131 Å². The molecular weight excluding hydrogens is 344 g/mol. The SMILES string of the molecule is Cc1ccnc(NC(=O)C(=O)NCCc2ccc(S(N)(=O)=O)cc2)c1. The van der Waals surface area contributed by atoms with Gasteiger partial charge < -0.3 is 10.6 Å². The van der Waals surface area contributed by atoms with Gasteiger partial charge in [-0.25, -0.2) is 18.5 Å². The van der Waals surface area contributed by atoms with Gasteiger partial charge in [0.1, 0.15) is 5.82 Å². The second-order valence-corrected chi connectivity index (χ2v) is 6.93. The number of rotatable bonds is 5. The van der Waals surface area contributed by atoms with Crippen molar-refractivity contribution in [2.75, 3.05) is 11.9 Å². The van der Waals surface area contributed by atoms with Crippen LogP contribution in [-0.4, -0.2) is 31.8 Å². The van der Waals surface area contributed by atoms with Crippen LogP contribution >= 0.6 is 0 Å². The molecular formula is C16H18N4O4S. The van der Waals surface area contributed by atoms with Crippen LogP contribution in [0.2, 0.25) is 0 Å². The summed E-state index contributed by atoms with van der Waals surface area (Å²) >= 11 is 0. The van der Waals surface area contributed by atoms with Gasteiger partial charge in [0.15, 0.2) is 0 Å². The summed E-state index contributed by atoms with van der Waals surface area (Å²) in [7, 11) is -3.73.